The van der Waals surface area contributed by atoms with Crippen molar-refractivity contribution in [3.05, 3.63) is 0 Å². The predicted molar refractivity (Wildman–Crippen MR) is 51.6 cm³/mol. The second-order valence-corrected chi connectivity index (χ2v) is 0.577. The van der Waals surface area contributed by atoms with Crippen LogP contribution in [0.25, 0.3) is 0 Å². The number of rotatable bonds is 1. The van der Waals surface area contributed by atoms with E-state index in [-0.39, 0.29) is 21.1 Å². The molecule has 0 aromatic heterocycles. The van der Waals surface area contributed by atoms with E-state index >= 15 is 0 Å². The molecule has 2 heteroatoms. The molecule has 0 saturated carbocycles. The van der Waals surface area contributed by atoms with E-state index in [2.05, 4.69) is 4.74 Å². The smallest absolute Gasteiger partial charge is 0.0433 e. The van der Waals surface area contributed by atoms with Gasteiger partial charge in [0.25, 0.3) is 0 Å². The van der Waals surface area contributed by atoms with Gasteiger partial charge in [-0.3, -0.25) is 0 Å². The summed E-state index contributed by atoms with van der Waals surface area (Å²) in [6.07, 6.45) is 0. The number of methoxy groups -OCH3 is 1. The van der Waals surface area contributed by atoms with Gasteiger partial charge in [-0.15, -0.1) is 0 Å². The van der Waals surface area contributed by atoms with Gasteiger partial charge in [-0.05, 0) is 6.92 Å². The zero-order valence-electron chi connectivity index (χ0n) is 9.52. The van der Waals surface area contributed by atoms with E-state index in [1.807, 2.05) is 48.5 Å². The molecular weight excluding hydrogens is 308 g/mol. The summed E-state index contributed by atoms with van der Waals surface area (Å²) in [6, 6.07) is 0. The van der Waals surface area contributed by atoms with Crippen LogP contribution in [-0.2, 0) is 25.8 Å². The standard InChI is InChI=1S/C3H8O.3C2H6.W/c1-3-4-2;3*1-2;/h3H2,1-2H3;3*1-2H3;. The van der Waals surface area contributed by atoms with Crippen LogP contribution in [0.3, 0.4) is 0 Å². The molecule has 0 aromatic carbocycles. The third kappa shape index (κ3) is 293. The van der Waals surface area contributed by atoms with Crippen LogP contribution in [0.2, 0.25) is 0 Å². The maximum absolute atomic E-state index is 4.54. The average Bonchev–Trinajstić information content (AvgIpc) is 2.14. The number of hydrogen-bond donors (Lipinski definition) is 0. The summed E-state index contributed by atoms with van der Waals surface area (Å²) in [4.78, 5) is 0. The summed E-state index contributed by atoms with van der Waals surface area (Å²) in [5.41, 5.74) is 0. The Labute approximate surface area is 88.2 Å². The maximum Gasteiger partial charge on any atom is 0.0433 e. The summed E-state index contributed by atoms with van der Waals surface area (Å²) in [5.74, 6) is 0. The topological polar surface area (TPSA) is 9.23 Å². The molecular formula is C9H26OW. The van der Waals surface area contributed by atoms with Crippen LogP contribution >= 0.6 is 0 Å². The number of hydrogen-bond acceptors (Lipinski definition) is 1. The van der Waals surface area contributed by atoms with Crippen molar-refractivity contribution in [3.63, 3.8) is 0 Å². The first-order valence-electron chi connectivity index (χ1n) is 4.40. The van der Waals surface area contributed by atoms with Gasteiger partial charge in [-0.25, -0.2) is 0 Å². The molecule has 0 aromatic rings. The van der Waals surface area contributed by atoms with Crippen LogP contribution in [0, 0.1) is 0 Å². The van der Waals surface area contributed by atoms with Gasteiger partial charge in [0, 0.05) is 34.8 Å². The van der Waals surface area contributed by atoms with Gasteiger partial charge in [0.2, 0.25) is 0 Å². The minimum atomic E-state index is 0. The van der Waals surface area contributed by atoms with E-state index in [1.54, 1.807) is 7.11 Å². The van der Waals surface area contributed by atoms with Crippen LogP contribution in [0.5, 0.6) is 0 Å². The number of ether oxygens (including phenoxy) is 1. The van der Waals surface area contributed by atoms with Crippen molar-refractivity contribution < 1.29 is 25.8 Å². The largest absolute Gasteiger partial charge is 0.385 e. The summed E-state index contributed by atoms with van der Waals surface area (Å²) in [6.45, 7) is 14.8. The molecule has 0 amide bonds. The molecule has 0 radical (unpaired) electrons. The van der Waals surface area contributed by atoms with Crippen molar-refractivity contribution in [2.45, 2.75) is 48.5 Å². The van der Waals surface area contributed by atoms with Crippen LogP contribution in [0.15, 0.2) is 0 Å². The van der Waals surface area contributed by atoms with Crippen molar-refractivity contribution in [2.24, 2.45) is 0 Å². The summed E-state index contributed by atoms with van der Waals surface area (Å²) in [5, 5.41) is 0. The Bertz CT molecular complexity index is 11.5. The molecule has 0 unspecified atom stereocenters. The Morgan fingerprint density at radius 3 is 0.909 bits per heavy atom. The van der Waals surface area contributed by atoms with Gasteiger partial charge in [0.1, 0.15) is 0 Å². The van der Waals surface area contributed by atoms with E-state index in [9.17, 15) is 0 Å². The van der Waals surface area contributed by atoms with Gasteiger partial charge in [0.15, 0.2) is 0 Å². The van der Waals surface area contributed by atoms with Gasteiger partial charge in [0.05, 0.1) is 0 Å². The molecule has 0 bridgehead atoms. The molecule has 0 saturated heterocycles. The second kappa shape index (κ2) is 141. The van der Waals surface area contributed by atoms with Gasteiger partial charge >= 0.3 is 0 Å². The van der Waals surface area contributed by atoms with Crippen molar-refractivity contribution in [3.8, 4) is 0 Å². The molecule has 0 fully saturated rings. The van der Waals surface area contributed by atoms with Crippen LogP contribution < -0.4 is 0 Å². The fraction of sp³-hybridized carbons (Fsp3) is 1.00. The molecule has 11 heavy (non-hydrogen) atoms. The van der Waals surface area contributed by atoms with Crippen molar-refractivity contribution >= 4 is 0 Å². The average molecular weight is 334 g/mol. The monoisotopic (exact) mass is 334 g/mol. The fourth-order valence-corrected chi connectivity index (χ4v) is 0. The minimum absolute atomic E-state index is 0. The molecule has 0 spiro atoms. The molecule has 0 heterocycles. The summed E-state index contributed by atoms with van der Waals surface area (Å²) < 4.78 is 4.54. The normalized spacial score (nSPS) is 4.36. The molecule has 0 rings (SSSR count). The molecule has 74 valence electrons. The summed E-state index contributed by atoms with van der Waals surface area (Å²) >= 11 is 0. The fourth-order valence-electron chi connectivity index (χ4n) is 0. The Kier molecular flexibility index (Phi) is 384. The first-order chi connectivity index (χ1) is 4.91. The Balaban J connectivity index is -0.0000000152. The van der Waals surface area contributed by atoms with E-state index in [0.717, 1.165) is 6.61 Å². The van der Waals surface area contributed by atoms with Gasteiger partial charge in [-0.2, -0.15) is 0 Å². The maximum atomic E-state index is 4.54. The Morgan fingerprint density at radius 2 is 0.909 bits per heavy atom. The Hall–Kier alpha value is 0.648. The Morgan fingerprint density at radius 1 is 0.818 bits per heavy atom. The van der Waals surface area contributed by atoms with E-state index in [1.165, 1.54) is 0 Å². The quantitative estimate of drug-likeness (QED) is 0.710. The first-order valence-corrected chi connectivity index (χ1v) is 4.40. The van der Waals surface area contributed by atoms with Crippen LogP contribution in [0.4, 0.5) is 0 Å². The second-order valence-electron chi connectivity index (χ2n) is 0.577. The van der Waals surface area contributed by atoms with Crippen LogP contribution in [0.1, 0.15) is 48.5 Å². The van der Waals surface area contributed by atoms with Gasteiger partial charge < -0.3 is 4.74 Å². The first kappa shape index (κ1) is 29.9. The molecule has 0 atom stereocenters. The van der Waals surface area contributed by atoms with Crippen molar-refractivity contribution in [1.29, 1.82) is 0 Å². The van der Waals surface area contributed by atoms with Crippen molar-refractivity contribution in [2.75, 3.05) is 13.7 Å². The molecule has 0 aliphatic carbocycles. The zero-order chi connectivity index (χ0) is 9.41. The minimum Gasteiger partial charge on any atom is -0.385 e. The molecule has 0 aliphatic heterocycles. The zero-order valence-corrected chi connectivity index (χ0v) is 12.5. The third-order valence-electron chi connectivity index (χ3n) is 0.289. The molecule has 0 N–H and O–H groups in total. The van der Waals surface area contributed by atoms with Crippen molar-refractivity contribution in [1.82, 2.24) is 0 Å². The molecule has 1 nitrogen and oxygen atoms in total. The van der Waals surface area contributed by atoms with E-state index < -0.39 is 0 Å². The van der Waals surface area contributed by atoms with Crippen LogP contribution in [-0.4, -0.2) is 13.7 Å². The van der Waals surface area contributed by atoms with E-state index in [4.69, 9.17) is 0 Å². The van der Waals surface area contributed by atoms with Gasteiger partial charge in [-0.1, -0.05) is 41.5 Å². The molecule has 0 aliphatic rings. The predicted octanol–water partition coefficient (Wildman–Crippen LogP) is 3.73. The third-order valence-corrected chi connectivity index (χ3v) is 0.289. The van der Waals surface area contributed by atoms with E-state index in [0.29, 0.717) is 0 Å². The SMILES string of the molecule is CC.CC.CC.CCOC.[W]. The summed E-state index contributed by atoms with van der Waals surface area (Å²) in [7, 11) is 1.68.